The van der Waals surface area contributed by atoms with E-state index in [0.29, 0.717) is 12.3 Å². The third-order valence-corrected chi connectivity index (χ3v) is 4.02. The smallest absolute Gasteiger partial charge is 0.130 e. The number of hydrogen-bond acceptors (Lipinski definition) is 1. The first kappa shape index (κ1) is 22.6. The second kappa shape index (κ2) is 13.0. The molecule has 0 radical (unpaired) electrons. The van der Waals surface area contributed by atoms with Gasteiger partial charge in [0.2, 0.25) is 0 Å². The highest BCUT2D eigenvalue weighted by Crippen LogP contribution is 2.19. The maximum Gasteiger partial charge on any atom is 0.130 e. The van der Waals surface area contributed by atoms with E-state index in [2.05, 4.69) is 65.8 Å². The summed E-state index contributed by atoms with van der Waals surface area (Å²) in [5.41, 5.74) is 5.58. The van der Waals surface area contributed by atoms with E-state index in [-0.39, 0.29) is 5.78 Å². The Morgan fingerprint density at radius 2 is 1.25 bits per heavy atom. The summed E-state index contributed by atoms with van der Waals surface area (Å²) in [6, 6.07) is 0. The van der Waals surface area contributed by atoms with E-state index >= 15 is 0 Å². The van der Waals surface area contributed by atoms with Crippen LogP contribution in [0.4, 0.5) is 0 Å². The summed E-state index contributed by atoms with van der Waals surface area (Å²) in [7, 11) is 0. The Hall–Kier alpha value is -1.37. The Balaban J connectivity index is 4.67. The fraction of sp³-hybridized carbons (Fsp3) is 0.609. The van der Waals surface area contributed by atoms with E-state index in [4.69, 9.17) is 0 Å². The zero-order valence-electron chi connectivity index (χ0n) is 17.0. The second-order valence-electron chi connectivity index (χ2n) is 7.61. The molecule has 1 atom stereocenters. The van der Waals surface area contributed by atoms with Crippen molar-refractivity contribution in [3.05, 3.63) is 46.6 Å². The standard InChI is InChI=1S/C23H38O/c1-18(2)10-8-12-20(5)14-15-23(17-22(7)24)16-21(6)13-9-11-19(3)4/h10-11,14,16,23H,8-9,12-13,15,17H2,1-7H3/b20-14-,21-16+. The van der Waals surface area contributed by atoms with Crippen molar-refractivity contribution in [2.75, 3.05) is 0 Å². The van der Waals surface area contributed by atoms with Gasteiger partial charge in [0, 0.05) is 6.42 Å². The highest BCUT2D eigenvalue weighted by molar-refractivity contribution is 5.76. The zero-order valence-corrected chi connectivity index (χ0v) is 17.0. The molecule has 1 nitrogen and oxygen atoms in total. The summed E-state index contributed by atoms with van der Waals surface area (Å²) >= 11 is 0. The molecule has 136 valence electrons. The number of allylic oxidation sites excluding steroid dienone is 8. The van der Waals surface area contributed by atoms with Gasteiger partial charge in [0.15, 0.2) is 0 Å². The number of hydrogen-bond donors (Lipinski definition) is 0. The van der Waals surface area contributed by atoms with Crippen LogP contribution in [-0.2, 0) is 4.79 Å². The maximum absolute atomic E-state index is 11.6. The van der Waals surface area contributed by atoms with Crippen molar-refractivity contribution >= 4 is 5.78 Å². The summed E-state index contributed by atoms with van der Waals surface area (Å²) in [5, 5.41) is 0. The molecule has 0 saturated carbocycles. The van der Waals surface area contributed by atoms with Crippen molar-refractivity contribution in [1.82, 2.24) is 0 Å². The lowest BCUT2D eigenvalue weighted by atomic mass is 9.94. The van der Waals surface area contributed by atoms with Gasteiger partial charge in [-0.05, 0) is 86.5 Å². The normalized spacial score (nSPS) is 13.5. The van der Waals surface area contributed by atoms with Crippen molar-refractivity contribution in [2.24, 2.45) is 5.92 Å². The summed E-state index contributed by atoms with van der Waals surface area (Å²) < 4.78 is 0. The molecule has 0 spiro atoms. The minimum absolute atomic E-state index is 0.281. The van der Waals surface area contributed by atoms with Crippen LogP contribution in [0, 0.1) is 5.92 Å². The second-order valence-corrected chi connectivity index (χ2v) is 7.61. The lowest BCUT2D eigenvalue weighted by Gasteiger charge is -2.11. The van der Waals surface area contributed by atoms with Crippen LogP contribution in [0.25, 0.3) is 0 Å². The van der Waals surface area contributed by atoms with Gasteiger partial charge in [-0.25, -0.2) is 0 Å². The first-order chi connectivity index (χ1) is 11.2. The lowest BCUT2D eigenvalue weighted by Crippen LogP contribution is -2.03. The molecule has 24 heavy (non-hydrogen) atoms. The fourth-order valence-electron chi connectivity index (χ4n) is 2.70. The maximum atomic E-state index is 11.6. The third kappa shape index (κ3) is 14.2. The molecule has 0 fully saturated rings. The van der Waals surface area contributed by atoms with Crippen LogP contribution in [-0.4, -0.2) is 5.78 Å². The number of carbonyl (C=O) groups excluding carboxylic acids is 1. The minimum Gasteiger partial charge on any atom is -0.300 e. The van der Waals surface area contributed by atoms with E-state index < -0.39 is 0 Å². The Bertz CT molecular complexity index is 492. The molecule has 0 aliphatic heterocycles. The molecule has 0 aromatic heterocycles. The van der Waals surface area contributed by atoms with E-state index in [1.165, 1.54) is 22.3 Å². The Kier molecular flexibility index (Phi) is 12.2. The summed E-state index contributed by atoms with van der Waals surface area (Å²) in [6.07, 6.45) is 15.2. The molecule has 0 amide bonds. The van der Waals surface area contributed by atoms with Crippen LogP contribution in [0.3, 0.4) is 0 Å². The molecule has 0 aliphatic carbocycles. The van der Waals surface area contributed by atoms with Gasteiger partial charge in [-0.2, -0.15) is 0 Å². The first-order valence-corrected chi connectivity index (χ1v) is 9.29. The number of carbonyl (C=O) groups is 1. The SMILES string of the molecule is CC(=O)CC(/C=C(\C)CCC=C(C)C)C/C=C(/C)CCC=C(C)C. The van der Waals surface area contributed by atoms with Crippen LogP contribution in [0.15, 0.2) is 46.6 Å². The lowest BCUT2D eigenvalue weighted by molar-refractivity contribution is -0.117. The van der Waals surface area contributed by atoms with E-state index in [1.54, 1.807) is 6.92 Å². The average Bonchev–Trinajstić information content (AvgIpc) is 2.43. The quantitative estimate of drug-likeness (QED) is 0.362. The van der Waals surface area contributed by atoms with Gasteiger partial charge in [0.25, 0.3) is 0 Å². The molecule has 1 unspecified atom stereocenters. The van der Waals surface area contributed by atoms with Crippen LogP contribution in [0.1, 0.15) is 87.0 Å². The molecule has 0 heterocycles. The fourth-order valence-corrected chi connectivity index (χ4v) is 2.70. The third-order valence-electron chi connectivity index (χ3n) is 4.02. The zero-order chi connectivity index (χ0) is 18.5. The van der Waals surface area contributed by atoms with Crippen molar-refractivity contribution in [3.8, 4) is 0 Å². The van der Waals surface area contributed by atoms with Gasteiger partial charge in [-0.15, -0.1) is 0 Å². The monoisotopic (exact) mass is 330 g/mol. The molecule has 0 N–H and O–H groups in total. The molecule has 1 heteroatoms. The summed E-state index contributed by atoms with van der Waals surface area (Å²) in [4.78, 5) is 11.6. The highest BCUT2D eigenvalue weighted by atomic mass is 16.1. The predicted octanol–water partition coefficient (Wildman–Crippen LogP) is 7.36. The van der Waals surface area contributed by atoms with E-state index in [1.807, 2.05) is 0 Å². The number of rotatable bonds is 11. The van der Waals surface area contributed by atoms with Crippen molar-refractivity contribution in [1.29, 1.82) is 0 Å². The number of Topliss-reactive ketones (excluding diaryl/α,β-unsaturated/α-hetero) is 1. The molecule has 0 saturated heterocycles. The molecular formula is C23H38O. The largest absolute Gasteiger partial charge is 0.300 e. The molecule has 0 rings (SSSR count). The van der Waals surface area contributed by atoms with Gasteiger partial charge in [-0.3, -0.25) is 0 Å². The van der Waals surface area contributed by atoms with Gasteiger partial charge in [0.1, 0.15) is 5.78 Å². The van der Waals surface area contributed by atoms with Crippen LogP contribution >= 0.6 is 0 Å². The molecular weight excluding hydrogens is 292 g/mol. The van der Waals surface area contributed by atoms with Crippen molar-refractivity contribution < 1.29 is 4.79 Å². The van der Waals surface area contributed by atoms with Gasteiger partial charge in [0.05, 0.1) is 0 Å². The molecule has 0 aromatic rings. The molecule has 0 bridgehead atoms. The van der Waals surface area contributed by atoms with Crippen LogP contribution in [0.2, 0.25) is 0 Å². The number of ketones is 1. The molecule has 0 aromatic carbocycles. The summed E-state index contributed by atoms with van der Waals surface area (Å²) in [6.45, 7) is 14.7. The minimum atomic E-state index is 0.281. The Labute approximate surface area is 150 Å². The van der Waals surface area contributed by atoms with E-state index in [9.17, 15) is 4.79 Å². The van der Waals surface area contributed by atoms with Crippen LogP contribution < -0.4 is 0 Å². The summed E-state index contributed by atoms with van der Waals surface area (Å²) in [5.74, 6) is 0.622. The van der Waals surface area contributed by atoms with Crippen molar-refractivity contribution in [2.45, 2.75) is 87.0 Å². The topological polar surface area (TPSA) is 17.1 Å². The van der Waals surface area contributed by atoms with E-state index in [0.717, 1.165) is 32.1 Å². The van der Waals surface area contributed by atoms with Crippen LogP contribution in [0.5, 0.6) is 0 Å². The molecule has 0 aliphatic rings. The Morgan fingerprint density at radius 1 is 0.750 bits per heavy atom. The van der Waals surface area contributed by atoms with Gasteiger partial charge < -0.3 is 4.79 Å². The highest BCUT2D eigenvalue weighted by Gasteiger charge is 2.08. The average molecular weight is 331 g/mol. The first-order valence-electron chi connectivity index (χ1n) is 9.29. The van der Waals surface area contributed by atoms with Crippen molar-refractivity contribution in [3.63, 3.8) is 0 Å². The Morgan fingerprint density at radius 3 is 1.71 bits per heavy atom. The van der Waals surface area contributed by atoms with Gasteiger partial charge >= 0.3 is 0 Å². The predicted molar refractivity (Wildman–Crippen MR) is 108 cm³/mol. The van der Waals surface area contributed by atoms with Gasteiger partial charge in [-0.1, -0.05) is 46.6 Å².